The Balaban J connectivity index is 2.37. The molecule has 0 radical (unpaired) electrons. The maximum Gasteiger partial charge on any atom is 0.331 e. The SMILES string of the molecule is CCC(C)N1C(=O)NC(=O)C(c2ccc(F)cc2)C1=O. The van der Waals surface area contributed by atoms with E-state index in [0.717, 1.165) is 4.90 Å². The number of halogens is 1. The van der Waals surface area contributed by atoms with Crippen molar-refractivity contribution in [2.75, 3.05) is 0 Å². The zero-order valence-corrected chi connectivity index (χ0v) is 11.2. The van der Waals surface area contributed by atoms with Gasteiger partial charge in [-0.3, -0.25) is 19.8 Å². The number of benzene rings is 1. The van der Waals surface area contributed by atoms with Gasteiger partial charge in [0.2, 0.25) is 11.8 Å². The molecule has 2 rings (SSSR count). The number of hydrogen-bond acceptors (Lipinski definition) is 3. The van der Waals surface area contributed by atoms with Crippen LogP contribution in [0.5, 0.6) is 0 Å². The van der Waals surface area contributed by atoms with Gasteiger partial charge < -0.3 is 0 Å². The fourth-order valence-electron chi connectivity index (χ4n) is 2.14. The van der Waals surface area contributed by atoms with Gasteiger partial charge >= 0.3 is 6.03 Å². The monoisotopic (exact) mass is 278 g/mol. The van der Waals surface area contributed by atoms with Crippen LogP contribution in [0.3, 0.4) is 0 Å². The molecular weight excluding hydrogens is 263 g/mol. The van der Waals surface area contributed by atoms with Gasteiger partial charge in [0.1, 0.15) is 11.7 Å². The van der Waals surface area contributed by atoms with Gasteiger partial charge in [-0.25, -0.2) is 9.18 Å². The van der Waals surface area contributed by atoms with E-state index in [4.69, 9.17) is 0 Å². The highest BCUT2D eigenvalue weighted by Gasteiger charge is 2.42. The predicted octanol–water partition coefficient (Wildman–Crippen LogP) is 1.79. The summed E-state index contributed by atoms with van der Waals surface area (Å²) >= 11 is 0. The Bertz CT molecular complexity index is 556. The summed E-state index contributed by atoms with van der Waals surface area (Å²) in [4.78, 5) is 37.1. The first kappa shape index (κ1) is 14.2. The van der Waals surface area contributed by atoms with Crippen molar-refractivity contribution in [3.8, 4) is 0 Å². The van der Waals surface area contributed by atoms with E-state index in [-0.39, 0.29) is 6.04 Å². The third kappa shape index (κ3) is 2.41. The number of hydrogen-bond donors (Lipinski definition) is 1. The number of rotatable bonds is 3. The number of urea groups is 1. The molecule has 20 heavy (non-hydrogen) atoms. The summed E-state index contributed by atoms with van der Waals surface area (Å²) in [7, 11) is 0. The Labute approximate surface area is 115 Å². The molecule has 0 saturated carbocycles. The van der Waals surface area contributed by atoms with Crippen LogP contribution in [0.1, 0.15) is 31.7 Å². The average Bonchev–Trinajstić information content (AvgIpc) is 2.40. The van der Waals surface area contributed by atoms with Crippen molar-refractivity contribution in [2.24, 2.45) is 0 Å². The lowest BCUT2D eigenvalue weighted by Gasteiger charge is -2.33. The molecule has 1 aromatic rings. The van der Waals surface area contributed by atoms with Gasteiger partial charge in [0.15, 0.2) is 0 Å². The number of imide groups is 2. The van der Waals surface area contributed by atoms with Gasteiger partial charge in [-0.2, -0.15) is 0 Å². The van der Waals surface area contributed by atoms with Crippen molar-refractivity contribution in [3.63, 3.8) is 0 Å². The van der Waals surface area contributed by atoms with E-state index in [1.165, 1.54) is 24.3 Å². The highest BCUT2D eigenvalue weighted by atomic mass is 19.1. The standard InChI is InChI=1S/C14H15FN2O3/c1-3-8(2)17-13(19)11(12(18)16-14(17)20)9-4-6-10(15)7-5-9/h4-8,11H,3H2,1-2H3,(H,16,18,20). The molecule has 2 atom stereocenters. The van der Waals surface area contributed by atoms with E-state index in [0.29, 0.717) is 12.0 Å². The molecule has 4 amide bonds. The van der Waals surface area contributed by atoms with Crippen molar-refractivity contribution in [2.45, 2.75) is 32.2 Å². The molecule has 5 nitrogen and oxygen atoms in total. The van der Waals surface area contributed by atoms with Gasteiger partial charge in [-0.05, 0) is 31.0 Å². The first-order valence-electron chi connectivity index (χ1n) is 6.39. The van der Waals surface area contributed by atoms with Crippen LogP contribution in [-0.2, 0) is 9.59 Å². The molecular formula is C14H15FN2O3. The topological polar surface area (TPSA) is 66.5 Å². The fourth-order valence-corrected chi connectivity index (χ4v) is 2.14. The number of barbiturate groups is 1. The normalized spacial score (nSPS) is 20.9. The number of nitrogens with zero attached hydrogens (tertiary/aromatic N) is 1. The lowest BCUT2D eigenvalue weighted by atomic mass is 9.94. The smallest absolute Gasteiger partial charge is 0.277 e. The van der Waals surface area contributed by atoms with Gasteiger partial charge in [0, 0.05) is 6.04 Å². The van der Waals surface area contributed by atoms with Crippen LogP contribution in [-0.4, -0.2) is 28.8 Å². The second kappa shape index (κ2) is 5.40. The number of carbonyl (C=O) groups is 3. The van der Waals surface area contributed by atoms with Crippen molar-refractivity contribution < 1.29 is 18.8 Å². The molecule has 1 aliphatic rings. The number of nitrogens with one attached hydrogen (secondary N) is 1. The predicted molar refractivity (Wildman–Crippen MR) is 69.3 cm³/mol. The lowest BCUT2D eigenvalue weighted by Crippen LogP contribution is -2.59. The summed E-state index contributed by atoms with van der Waals surface area (Å²) in [6.45, 7) is 3.57. The Morgan fingerprint density at radius 2 is 1.85 bits per heavy atom. The highest BCUT2D eigenvalue weighted by molar-refractivity contribution is 6.19. The van der Waals surface area contributed by atoms with Gasteiger partial charge in [-0.15, -0.1) is 0 Å². The minimum absolute atomic E-state index is 0.307. The summed E-state index contributed by atoms with van der Waals surface area (Å²) in [5.74, 6) is -2.81. The summed E-state index contributed by atoms with van der Waals surface area (Å²) in [6, 6.07) is 4.11. The lowest BCUT2D eigenvalue weighted by molar-refractivity contribution is -0.140. The van der Waals surface area contributed by atoms with Gasteiger partial charge in [-0.1, -0.05) is 19.1 Å². The molecule has 1 heterocycles. The highest BCUT2D eigenvalue weighted by Crippen LogP contribution is 2.24. The van der Waals surface area contributed by atoms with Crippen molar-refractivity contribution in [1.82, 2.24) is 10.2 Å². The van der Waals surface area contributed by atoms with Crippen molar-refractivity contribution >= 4 is 17.8 Å². The molecule has 0 bridgehead atoms. The first-order valence-corrected chi connectivity index (χ1v) is 6.39. The number of amides is 4. The third-order valence-corrected chi connectivity index (χ3v) is 3.43. The van der Waals surface area contributed by atoms with Crippen LogP contribution in [0.4, 0.5) is 9.18 Å². The Kier molecular flexibility index (Phi) is 3.83. The quantitative estimate of drug-likeness (QED) is 0.857. The largest absolute Gasteiger partial charge is 0.331 e. The number of carbonyl (C=O) groups excluding carboxylic acids is 3. The minimum atomic E-state index is -1.11. The third-order valence-electron chi connectivity index (χ3n) is 3.43. The molecule has 1 saturated heterocycles. The van der Waals surface area contributed by atoms with Crippen molar-refractivity contribution in [1.29, 1.82) is 0 Å². The molecule has 2 unspecified atom stereocenters. The van der Waals surface area contributed by atoms with Gasteiger partial charge in [0.25, 0.3) is 0 Å². The molecule has 0 spiro atoms. The zero-order valence-electron chi connectivity index (χ0n) is 11.2. The van der Waals surface area contributed by atoms with Crippen LogP contribution in [0.15, 0.2) is 24.3 Å². The van der Waals surface area contributed by atoms with E-state index in [1.54, 1.807) is 6.92 Å². The summed E-state index contributed by atoms with van der Waals surface area (Å²) in [5, 5.41) is 2.17. The Morgan fingerprint density at radius 1 is 1.25 bits per heavy atom. The van der Waals surface area contributed by atoms with Gasteiger partial charge in [0.05, 0.1) is 0 Å². The second-order valence-electron chi connectivity index (χ2n) is 4.74. The molecule has 0 aliphatic carbocycles. The molecule has 0 aromatic heterocycles. The fraction of sp³-hybridized carbons (Fsp3) is 0.357. The van der Waals surface area contributed by atoms with Crippen LogP contribution in [0.25, 0.3) is 0 Å². The molecule has 1 N–H and O–H groups in total. The van der Waals surface area contributed by atoms with E-state index >= 15 is 0 Å². The first-order chi connectivity index (χ1) is 9.45. The molecule has 1 aromatic carbocycles. The maximum absolute atomic E-state index is 12.9. The summed E-state index contributed by atoms with van der Waals surface area (Å²) < 4.78 is 12.9. The maximum atomic E-state index is 12.9. The van der Waals surface area contributed by atoms with Crippen LogP contribution < -0.4 is 5.32 Å². The van der Waals surface area contributed by atoms with E-state index in [2.05, 4.69) is 5.32 Å². The average molecular weight is 278 g/mol. The van der Waals surface area contributed by atoms with Crippen LogP contribution >= 0.6 is 0 Å². The van der Waals surface area contributed by atoms with Crippen LogP contribution in [0.2, 0.25) is 0 Å². The Hall–Kier alpha value is -2.24. The van der Waals surface area contributed by atoms with E-state index in [9.17, 15) is 18.8 Å². The minimum Gasteiger partial charge on any atom is -0.277 e. The summed E-state index contributed by atoms with van der Waals surface area (Å²) in [6.07, 6.45) is 0.587. The molecule has 1 fully saturated rings. The molecule has 1 aliphatic heterocycles. The zero-order chi connectivity index (χ0) is 14.9. The van der Waals surface area contributed by atoms with Crippen molar-refractivity contribution in [3.05, 3.63) is 35.6 Å². The summed E-state index contributed by atoms with van der Waals surface area (Å²) in [5.41, 5.74) is 0.370. The van der Waals surface area contributed by atoms with Crippen LogP contribution in [0, 0.1) is 5.82 Å². The molecule has 6 heteroatoms. The van der Waals surface area contributed by atoms with E-state index in [1.807, 2.05) is 6.92 Å². The second-order valence-corrected chi connectivity index (χ2v) is 4.74. The van der Waals surface area contributed by atoms with E-state index < -0.39 is 29.6 Å². The Morgan fingerprint density at radius 3 is 2.40 bits per heavy atom. The molecule has 106 valence electrons.